The van der Waals surface area contributed by atoms with E-state index in [0.29, 0.717) is 12.5 Å². The van der Waals surface area contributed by atoms with Crippen molar-refractivity contribution >= 4 is 6.09 Å². The molecule has 0 radical (unpaired) electrons. The van der Waals surface area contributed by atoms with Crippen LogP contribution < -0.4 is 11.1 Å². The molecular weight excluding hydrogens is 204 g/mol. The van der Waals surface area contributed by atoms with Crippen LogP contribution >= 0.6 is 0 Å². The summed E-state index contributed by atoms with van der Waals surface area (Å²) in [7, 11) is 0. The van der Waals surface area contributed by atoms with Crippen molar-refractivity contribution in [2.45, 2.75) is 52.0 Å². The highest BCUT2D eigenvalue weighted by atomic mass is 16.4. The first kappa shape index (κ1) is 13.3. The molecule has 0 aromatic carbocycles. The number of hydrogen-bond donors (Lipinski definition) is 3. The van der Waals surface area contributed by atoms with E-state index in [4.69, 9.17) is 10.8 Å². The summed E-state index contributed by atoms with van der Waals surface area (Å²) in [5.41, 5.74) is 5.33. The minimum absolute atomic E-state index is 0.0506. The fourth-order valence-electron chi connectivity index (χ4n) is 2.67. The van der Waals surface area contributed by atoms with Crippen molar-refractivity contribution in [3.8, 4) is 0 Å². The van der Waals surface area contributed by atoms with Gasteiger partial charge in [-0.25, -0.2) is 4.79 Å². The Morgan fingerprint density at radius 2 is 1.94 bits per heavy atom. The van der Waals surface area contributed by atoms with Crippen molar-refractivity contribution in [1.29, 1.82) is 0 Å². The first-order valence-electron chi connectivity index (χ1n) is 6.02. The minimum Gasteiger partial charge on any atom is -0.465 e. The Balaban J connectivity index is 2.79. The fourth-order valence-corrected chi connectivity index (χ4v) is 2.67. The van der Waals surface area contributed by atoms with E-state index in [-0.39, 0.29) is 11.0 Å². The Hall–Kier alpha value is -0.770. The van der Waals surface area contributed by atoms with Gasteiger partial charge in [0.15, 0.2) is 0 Å². The molecule has 4 heteroatoms. The molecule has 4 N–H and O–H groups in total. The summed E-state index contributed by atoms with van der Waals surface area (Å²) >= 11 is 0. The molecule has 1 rings (SSSR count). The van der Waals surface area contributed by atoms with Gasteiger partial charge in [-0.15, -0.1) is 0 Å². The minimum atomic E-state index is -0.916. The maximum Gasteiger partial charge on any atom is 0.405 e. The van der Waals surface area contributed by atoms with Crippen LogP contribution in [0.3, 0.4) is 0 Å². The van der Waals surface area contributed by atoms with Crippen LogP contribution in [0.5, 0.6) is 0 Å². The van der Waals surface area contributed by atoms with E-state index in [1.165, 1.54) is 0 Å². The maximum absolute atomic E-state index is 10.9. The molecular formula is C12H24N2O2. The third-order valence-corrected chi connectivity index (χ3v) is 4.07. The molecule has 94 valence electrons. The van der Waals surface area contributed by atoms with Crippen molar-refractivity contribution in [2.75, 3.05) is 6.54 Å². The maximum atomic E-state index is 10.9. The molecule has 1 aliphatic carbocycles. The third-order valence-electron chi connectivity index (χ3n) is 4.07. The van der Waals surface area contributed by atoms with Crippen molar-refractivity contribution < 1.29 is 9.90 Å². The molecule has 0 bridgehead atoms. The highest BCUT2D eigenvalue weighted by molar-refractivity contribution is 5.65. The van der Waals surface area contributed by atoms with Crippen LogP contribution in [0.25, 0.3) is 0 Å². The molecule has 0 spiro atoms. The van der Waals surface area contributed by atoms with Gasteiger partial charge in [-0.2, -0.15) is 0 Å². The molecule has 1 fully saturated rings. The molecule has 0 unspecified atom stereocenters. The SMILES string of the molecule is CC(C)(C)[C@]1(NC(=O)O)CC[C@H](CN)CC1. The number of amides is 1. The van der Waals surface area contributed by atoms with Crippen LogP contribution in [0.4, 0.5) is 4.79 Å². The van der Waals surface area contributed by atoms with Gasteiger partial charge in [0.1, 0.15) is 0 Å². The highest BCUT2D eigenvalue weighted by Crippen LogP contribution is 2.43. The highest BCUT2D eigenvalue weighted by Gasteiger charge is 2.45. The number of nitrogens with two attached hydrogens (primary N) is 1. The third kappa shape index (κ3) is 2.67. The summed E-state index contributed by atoms with van der Waals surface area (Å²) in [6.07, 6.45) is 2.92. The molecule has 0 aliphatic heterocycles. The number of carbonyl (C=O) groups is 1. The topological polar surface area (TPSA) is 75.3 Å². The van der Waals surface area contributed by atoms with Crippen LogP contribution in [0.2, 0.25) is 0 Å². The molecule has 4 nitrogen and oxygen atoms in total. The Bertz CT molecular complexity index is 250. The molecule has 16 heavy (non-hydrogen) atoms. The van der Waals surface area contributed by atoms with Gasteiger partial charge >= 0.3 is 6.09 Å². The predicted molar refractivity (Wildman–Crippen MR) is 64.4 cm³/mol. The van der Waals surface area contributed by atoms with E-state index in [9.17, 15) is 4.79 Å². The normalized spacial score (nSPS) is 31.1. The average molecular weight is 228 g/mol. The molecule has 0 heterocycles. The van der Waals surface area contributed by atoms with E-state index in [2.05, 4.69) is 26.1 Å². The van der Waals surface area contributed by atoms with E-state index in [1.54, 1.807) is 0 Å². The standard InChI is InChI=1S/C12H24N2O2/c1-11(2,3)12(14-10(15)16)6-4-9(8-13)5-7-12/h9,14H,4-8,13H2,1-3H3,(H,15,16)/t9-,12-. The fraction of sp³-hybridized carbons (Fsp3) is 0.917. The molecule has 1 amide bonds. The summed E-state index contributed by atoms with van der Waals surface area (Å²) in [5, 5.41) is 11.7. The number of rotatable bonds is 2. The van der Waals surface area contributed by atoms with E-state index in [0.717, 1.165) is 25.7 Å². The lowest BCUT2D eigenvalue weighted by Gasteiger charge is -2.48. The average Bonchev–Trinajstić information content (AvgIpc) is 2.16. The zero-order valence-electron chi connectivity index (χ0n) is 10.5. The lowest BCUT2D eigenvalue weighted by Crippen LogP contribution is -2.58. The van der Waals surface area contributed by atoms with Crippen molar-refractivity contribution in [2.24, 2.45) is 17.1 Å². The molecule has 1 aliphatic rings. The van der Waals surface area contributed by atoms with Crippen molar-refractivity contribution in [1.82, 2.24) is 5.32 Å². The zero-order valence-corrected chi connectivity index (χ0v) is 10.5. The number of carboxylic acid groups (broad SMARTS) is 1. The second kappa shape index (κ2) is 4.62. The quantitative estimate of drug-likeness (QED) is 0.678. The van der Waals surface area contributed by atoms with Crippen LogP contribution in [0.1, 0.15) is 46.5 Å². The monoisotopic (exact) mass is 228 g/mol. The van der Waals surface area contributed by atoms with Gasteiger partial charge in [-0.3, -0.25) is 0 Å². The van der Waals surface area contributed by atoms with Gasteiger partial charge in [-0.05, 0) is 43.6 Å². The molecule has 0 saturated heterocycles. The molecule has 0 aromatic heterocycles. The molecule has 0 aromatic rings. The summed E-state index contributed by atoms with van der Waals surface area (Å²) < 4.78 is 0. The lowest BCUT2D eigenvalue weighted by atomic mass is 9.63. The van der Waals surface area contributed by atoms with Gasteiger partial charge in [0.25, 0.3) is 0 Å². The van der Waals surface area contributed by atoms with Crippen molar-refractivity contribution in [3.05, 3.63) is 0 Å². The van der Waals surface area contributed by atoms with Crippen LogP contribution in [-0.2, 0) is 0 Å². The van der Waals surface area contributed by atoms with Gasteiger partial charge in [0.05, 0.1) is 0 Å². The van der Waals surface area contributed by atoms with Gasteiger partial charge in [0, 0.05) is 5.54 Å². The second-order valence-electron chi connectivity index (χ2n) is 5.94. The van der Waals surface area contributed by atoms with Crippen molar-refractivity contribution in [3.63, 3.8) is 0 Å². The second-order valence-corrected chi connectivity index (χ2v) is 5.94. The van der Waals surface area contributed by atoms with E-state index in [1.807, 2.05) is 0 Å². The van der Waals surface area contributed by atoms with E-state index < -0.39 is 6.09 Å². The first-order valence-corrected chi connectivity index (χ1v) is 6.02. The smallest absolute Gasteiger partial charge is 0.405 e. The number of nitrogens with one attached hydrogen (secondary N) is 1. The van der Waals surface area contributed by atoms with Crippen LogP contribution in [-0.4, -0.2) is 23.3 Å². The number of hydrogen-bond acceptors (Lipinski definition) is 2. The lowest BCUT2D eigenvalue weighted by molar-refractivity contribution is 0.0688. The molecule has 1 saturated carbocycles. The Morgan fingerprint density at radius 1 is 1.44 bits per heavy atom. The van der Waals surface area contributed by atoms with Crippen LogP contribution in [0.15, 0.2) is 0 Å². The van der Waals surface area contributed by atoms with Gasteiger partial charge in [-0.1, -0.05) is 20.8 Å². The van der Waals surface area contributed by atoms with Gasteiger partial charge in [0.2, 0.25) is 0 Å². The Kier molecular flexibility index (Phi) is 3.84. The largest absolute Gasteiger partial charge is 0.465 e. The predicted octanol–water partition coefficient (Wildman–Crippen LogP) is 2.19. The van der Waals surface area contributed by atoms with Gasteiger partial charge < -0.3 is 16.2 Å². The summed E-state index contributed by atoms with van der Waals surface area (Å²) in [4.78, 5) is 10.9. The molecule has 0 atom stereocenters. The zero-order chi connectivity index (χ0) is 12.4. The summed E-state index contributed by atoms with van der Waals surface area (Å²) in [6, 6.07) is 0. The van der Waals surface area contributed by atoms with E-state index >= 15 is 0 Å². The first-order chi connectivity index (χ1) is 7.31. The Morgan fingerprint density at radius 3 is 2.25 bits per heavy atom. The Labute approximate surface area is 97.6 Å². The van der Waals surface area contributed by atoms with Crippen LogP contribution in [0, 0.1) is 11.3 Å². The summed E-state index contributed by atoms with van der Waals surface area (Å²) in [6.45, 7) is 7.02. The summed E-state index contributed by atoms with van der Waals surface area (Å²) in [5.74, 6) is 0.561.